The maximum atomic E-state index is 5.14. The van der Waals surface area contributed by atoms with Gasteiger partial charge in [0.15, 0.2) is 0 Å². The minimum absolute atomic E-state index is 0.895. The van der Waals surface area contributed by atoms with Crippen LogP contribution in [0.5, 0.6) is 0 Å². The molecule has 0 aliphatic heterocycles. The largest absolute Gasteiger partial charge is 0.291 e. The van der Waals surface area contributed by atoms with Crippen LogP contribution < -0.4 is 0 Å². The molecule has 2 aromatic heterocycles. The van der Waals surface area contributed by atoms with E-state index in [0.29, 0.717) is 0 Å². The molecular formula is C46H29N3. The molecule has 0 unspecified atom stereocenters. The second kappa shape index (κ2) is 11.0. The second-order valence-corrected chi connectivity index (χ2v) is 12.6. The van der Waals surface area contributed by atoms with Crippen LogP contribution >= 0.6 is 0 Å². The van der Waals surface area contributed by atoms with Gasteiger partial charge in [0, 0.05) is 10.9 Å². The van der Waals surface area contributed by atoms with Crippen molar-refractivity contribution in [2.24, 2.45) is 0 Å². The first kappa shape index (κ1) is 27.5. The Kier molecular flexibility index (Phi) is 6.18. The lowest BCUT2D eigenvalue weighted by atomic mass is 9.85. The molecule has 228 valence electrons. The number of benzene rings is 8. The van der Waals surface area contributed by atoms with Gasteiger partial charge in [-0.05, 0) is 84.9 Å². The summed E-state index contributed by atoms with van der Waals surface area (Å²) in [4.78, 5) is 9.93. The third-order valence-electron chi connectivity index (χ3n) is 9.80. The molecule has 0 saturated carbocycles. The van der Waals surface area contributed by atoms with E-state index in [0.717, 1.165) is 39.0 Å². The van der Waals surface area contributed by atoms with E-state index in [-0.39, 0.29) is 0 Å². The second-order valence-electron chi connectivity index (χ2n) is 12.6. The molecule has 0 fully saturated rings. The zero-order chi connectivity index (χ0) is 32.3. The highest BCUT2D eigenvalue weighted by molar-refractivity contribution is 6.21. The summed E-state index contributed by atoms with van der Waals surface area (Å²) < 4.78 is 2.23. The van der Waals surface area contributed by atoms with Gasteiger partial charge >= 0.3 is 0 Å². The van der Waals surface area contributed by atoms with Crippen molar-refractivity contribution in [2.45, 2.75) is 0 Å². The molecule has 10 aromatic rings. The van der Waals surface area contributed by atoms with Crippen LogP contribution in [0.1, 0.15) is 0 Å². The fourth-order valence-corrected chi connectivity index (χ4v) is 7.54. The Balaban J connectivity index is 1.16. The van der Waals surface area contributed by atoms with Gasteiger partial charge in [0.05, 0.1) is 28.4 Å². The normalized spacial score (nSPS) is 11.7. The Labute approximate surface area is 283 Å². The van der Waals surface area contributed by atoms with E-state index in [1.54, 1.807) is 0 Å². The standard InChI is InChI=1S/C46H29N3/c1-2-12-33-27-35(26-21-30(33)11-1)45-39-16-6-4-14-37(39)44(38-15-5-7-17-40(38)45)31-22-24-32(25-23-31)46-48-42-19-9-10-20-43(42)49(46)36-28-34-13-3-8-18-41(34)47-29-36/h1-29H. The average Bonchev–Trinajstić information content (AvgIpc) is 3.56. The van der Waals surface area contributed by atoms with E-state index in [4.69, 9.17) is 9.97 Å². The average molecular weight is 624 g/mol. The van der Waals surface area contributed by atoms with Gasteiger partial charge in [-0.1, -0.05) is 140 Å². The van der Waals surface area contributed by atoms with Gasteiger partial charge in [-0.25, -0.2) is 4.98 Å². The number of aromatic nitrogens is 3. The summed E-state index contributed by atoms with van der Waals surface area (Å²) in [7, 11) is 0. The lowest BCUT2D eigenvalue weighted by Crippen LogP contribution is -1.99. The van der Waals surface area contributed by atoms with Gasteiger partial charge in [0.25, 0.3) is 0 Å². The number of rotatable bonds is 4. The van der Waals surface area contributed by atoms with Crippen LogP contribution in [0.25, 0.3) is 93.6 Å². The van der Waals surface area contributed by atoms with E-state index in [2.05, 4.69) is 156 Å². The highest BCUT2D eigenvalue weighted by Crippen LogP contribution is 2.44. The van der Waals surface area contributed by atoms with Crippen LogP contribution in [-0.4, -0.2) is 14.5 Å². The van der Waals surface area contributed by atoms with Crippen LogP contribution in [0.15, 0.2) is 176 Å². The summed E-state index contributed by atoms with van der Waals surface area (Å²) in [5.41, 5.74) is 9.96. The number of nitrogens with zero attached hydrogens (tertiary/aromatic N) is 3. The van der Waals surface area contributed by atoms with E-state index < -0.39 is 0 Å². The quantitative estimate of drug-likeness (QED) is 0.183. The van der Waals surface area contributed by atoms with Gasteiger partial charge in [0.2, 0.25) is 0 Å². The summed E-state index contributed by atoms with van der Waals surface area (Å²) in [5.74, 6) is 0.895. The summed E-state index contributed by atoms with van der Waals surface area (Å²) in [6.45, 7) is 0. The third-order valence-corrected chi connectivity index (χ3v) is 9.80. The van der Waals surface area contributed by atoms with E-state index in [1.807, 2.05) is 24.4 Å². The topological polar surface area (TPSA) is 30.7 Å². The third kappa shape index (κ3) is 4.44. The maximum absolute atomic E-state index is 5.14. The predicted molar refractivity (Wildman–Crippen MR) is 205 cm³/mol. The molecule has 8 aromatic carbocycles. The van der Waals surface area contributed by atoms with Crippen LogP contribution in [0.3, 0.4) is 0 Å². The number of imidazole rings is 1. The Bertz CT molecular complexity index is 2820. The molecule has 0 aliphatic carbocycles. The number of hydrogen-bond acceptors (Lipinski definition) is 2. The minimum atomic E-state index is 0.895. The first-order chi connectivity index (χ1) is 24.3. The van der Waals surface area contributed by atoms with E-state index >= 15 is 0 Å². The molecule has 0 saturated heterocycles. The maximum Gasteiger partial charge on any atom is 0.145 e. The molecule has 3 heteroatoms. The summed E-state index contributed by atoms with van der Waals surface area (Å²) in [6.07, 6.45) is 1.95. The molecule has 0 aliphatic rings. The first-order valence-corrected chi connectivity index (χ1v) is 16.7. The summed E-state index contributed by atoms with van der Waals surface area (Å²) in [5, 5.41) is 8.59. The molecule has 0 spiro atoms. The van der Waals surface area contributed by atoms with Crippen LogP contribution in [0.2, 0.25) is 0 Å². The molecule has 0 amide bonds. The Morgan fingerprint density at radius 3 is 1.63 bits per heavy atom. The predicted octanol–water partition coefficient (Wildman–Crippen LogP) is 12.0. The Morgan fingerprint density at radius 2 is 0.918 bits per heavy atom. The molecule has 2 heterocycles. The van der Waals surface area contributed by atoms with Crippen molar-refractivity contribution in [3.05, 3.63) is 176 Å². The van der Waals surface area contributed by atoms with Crippen molar-refractivity contribution in [3.8, 4) is 39.3 Å². The fourth-order valence-electron chi connectivity index (χ4n) is 7.54. The van der Waals surface area contributed by atoms with Crippen molar-refractivity contribution in [2.75, 3.05) is 0 Å². The zero-order valence-corrected chi connectivity index (χ0v) is 26.6. The number of fused-ring (bicyclic) bond motifs is 5. The smallest absolute Gasteiger partial charge is 0.145 e. The van der Waals surface area contributed by atoms with Gasteiger partial charge in [-0.3, -0.25) is 9.55 Å². The summed E-state index contributed by atoms with van der Waals surface area (Å²) in [6, 6.07) is 60.8. The van der Waals surface area contributed by atoms with Crippen LogP contribution in [-0.2, 0) is 0 Å². The fraction of sp³-hybridized carbons (Fsp3) is 0. The Morgan fingerprint density at radius 1 is 0.388 bits per heavy atom. The molecule has 49 heavy (non-hydrogen) atoms. The SMILES string of the molecule is c1ccc2cc(-c3c4ccccc4c(-c4ccc(-c5nc6ccccc6n5-c5cnc6ccccc6c5)cc4)c4ccccc34)ccc2c1. The number of para-hydroxylation sites is 3. The molecule has 0 N–H and O–H groups in total. The molecule has 3 nitrogen and oxygen atoms in total. The number of pyridine rings is 1. The molecule has 0 bridgehead atoms. The molecule has 10 rings (SSSR count). The highest BCUT2D eigenvalue weighted by atomic mass is 15.1. The van der Waals surface area contributed by atoms with Crippen molar-refractivity contribution in [1.29, 1.82) is 0 Å². The minimum Gasteiger partial charge on any atom is -0.291 e. The monoisotopic (exact) mass is 623 g/mol. The molecular weight excluding hydrogens is 595 g/mol. The lowest BCUT2D eigenvalue weighted by molar-refractivity contribution is 1.09. The first-order valence-electron chi connectivity index (χ1n) is 16.7. The van der Waals surface area contributed by atoms with Crippen molar-refractivity contribution in [3.63, 3.8) is 0 Å². The molecule has 0 atom stereocenters. The van der Waals surface area contributed by atoms with E-state index in [1.165, 1.54) is 54.6 Å². The lowest BCUT2D eigenvalue weighted by Gasteiger charge is -2.18. The van der Waals surface area contributed by atoms with Crippen molar-refractivity contribution < 1.29 is 0 Å². The molecule has 0 radical (unpaired) electrons. The van der Waals surface area contributed by atoms with Gasteiger partial charge < -0.3 is 0 Å². The van der Waals surface area contributed by atoms with Crippen molar-refractivity contribution in [1.82, 2.24) is 14.5 Å². The van der Waals surface area contributed by atoms with Gasteiger partial charge in [-0.2, -0.15) is 0 Å². The van der Waals surface area contributed by atoms with Crippen molar-refractivity contribution >= 4 is 54.3 Å². The van der Waals surface area contributed by atoms with Crippen LogP contribution in [0.4, 0.5) is 0 Å². The summed E-state index contributed by atoms with van der Waals surface area (Å²) >= 11 is 0. The van der Waals surface area contributed by atoms with Crippen LogP contribution in [0, 0.1) is 0 Å². The zero-order valence-electron chi connectivity index (χ0n) is 26.6. The van der Waals surface area contributed by atoms with Gasteiger partial charge in [0.1, 0.15) is 5.82 Å². The van der Waals surface area contributed by atoms with Gasteiger partial charge in [-0.15, -0.1) is 0 Å². The Hall–Kier alpha value is -6.58. The highest BCUT2D eigenvalue weighted by Gasteiger charge is 2.19. The van der Waals surface area contributed by atoms with E-state index in [9.17, 15) is 0 Å². The number of hydrogen-bond donors (Lipinski definition) is 0.